The molecule has 3 N–H and O–H groups in total. The Morgan fingerprint density at radius 3 is 2.48 bits per heavy atom. The molecule has 7 heteroatoms. The molecule has 122 valence electrons. The molecule has 1 heterocycles. The van der Waals surface area contributed by atoms with Crippen molar-refractivity contribution in [2.24, 2.45) is 5.92 Å². The van der Waals surface area contributed by atoms with E-state index in [0.717, 1.165) is 25.1 Å². The van der Waals surface area contributed by atoms with E-state index in [2.05, 4.69) is 34.1 Å². The number of nitrogens with zero attached hydrogens (tertiary/aromatic N) is 1. The zero-order valence-corrected chi connectivity index (χ0v) is 14.5. The van der Waals surface area contributed by atoms with E-state index in [1.165, 1.54) is 0 Å². The van der Waals surface area contributed by atoms with Crippen LogP contribution in [-0.2, 0) is 16.6 Å². The molecule has 0 aliphatic rings. The average molecular weight is 316 g/mol. The van der Waals surface area contributed by atoms with Crippen molar-refractivity contribution >= 4 is 10.0 Å². The topological polar surface area (TPSA) is 86.9 Å². The normalized spacial score (nSPS) is 13.8. The molecule has 0 bridgehead atoms. The Balaban J connectivity index is 2.83. The maximum atomic E-state index is 12.5. The monoisotopic (exact) mass is 316 g/mol. The van der Waals surface area contributed by atoms with Crippen molar-refractivity contribution in [3.05, 3.63) is 11.3 Å². The lowest BCUT2D eigenvalue weighted by molar-refractivity contribution is 0.484. The third kappa shape index (κ3) is 5.41. The molecule has 21 heavy (non-hydrogen) atoms. The first kappa shape index (κ1) is 18.1. The molecule has 1 aromatic heterocycles. The van der Waals surface area contributed by atoms with Crippen LogP contribution in [0.15, 0.2) is 5.03 Å². The third-order valence-electron chi connectivity index (χ3n) is 3.38. The molecule has 0 saturated heterocycles. The molecule has 0 saturated carbocycles. The van der Waals surface area contributed by atoms with Gasteiger partial charge in [-0.3, -0.25) is 5.10 Å². The van der Waals surface area contributed by atoms with Crippen molar-refractivity contribution in [2.45, 2.75) is 65.1 Å². The van der Waals surface area contributed by atoms with Crippen LogP contribution in [0.1, 0.15) is 51.8 Å². The highest BCUT2D eigenvalue weighted by Gasteiger charge is 2.25. The lowest BCUT2D eigenvalue weighted by Gasteiger charge is -2.15. The minimum Gasteiger partial charge on any atom is -0.313 e. The molecule has 1 aromatic rings. The van der Waals surface area contributed by atoms with Gasteiger partial charge in [0.2, 0.25) is 0 Å². The molecular weight excluding hydrogens is 288 g/mol. The van der Waals surface area contributed by atoms with Crippen molar-refractivity contribution < 1.29 is 8.42 Å². The molecule has 0 amide bonds. The predicted molar refractivity (Wildman–Crippen MR) is 84.6 cm³/mol. The fourth-order valence-corrected chi connectivity index (χ4v) is 3.55. The molecule has 0 aliphatic heterocycles. The van der Waals surface area contributed by atoms with Crippen molar-refractivity contribution in [2.75, 3.05) is 6.54 Å². The molecule has 0 spiro atoms. The highest BCUT2D eigenvalue weighted by molar-refractivity contribution is 7.89. The quantitative estimate of drug-likeness (QED) is 0.649. The summed E-state index contributed by atoms with van der Waals surface area (Å²) in [5, 5.41) is 9.99. The molecular formula is C14H28N4O2S. The van der Waals surface area contributed by atoms with Gasteiger partial charge in [0.15, 0.2) is 5.03 Å². The van der Waals surface area contributed by atoms with Crippen LogP contribution in [0.3, 0.4) is 0 Å². The first-order chi connectivity index (χ1) is 9.77. The summed E-state index contributed by atoms with van der Waals surface area (Å²) in [4.78, 5) is 0. The lowest BCUT2D eigenvalue weighted by atomic mass is 10.1. The molecule has 0 fully saturated rings. The second-order valence-corrected chi connectivity index (χ2v) is 7.54. The zero-order chi connectivity index (χ0) is 16.0. The summed E-state index contributed by atoms with van der Waals surface area (Å²) in [7, 11) is -3.58. The van der Waals surface area contributed by atoms with Gasteiger partial charge in [0.05, 0.1) is 0 Å². The first-order valence-electron chi connectivity index (χ1n) is 7.54. The van der Waals surface area contributed by atoms with Crippen LogP contribution >= 0.6 is 0 Å². The minimum absolute atomic E-state index is 0.0959. The summed E-state index contributed by atoms with van der Waals surface area (Å²) >= 11 is 0. The van der Waals surface area contributed by atoms with E-state index in [4.69, 9.17) is 0 Å². The highest BCUT2D eigenvalue weighted by atomic mass is 32.2. The van der Waals surface area contributed by atoms with Gasteiger partial charge in [-0.2, -0.15) is 5.10 Å². The summed E-state index contributed by atoms with van der Waals surface area (Å²) < 4.78 is 27.6. The minimum atomic E-state index is -3.58. The molecule has 1 rings (SSSR count). The fraction of sp³-hybridized carbons (Fsp3) is 0.786. The standard InChI is InChI=1S/C14H28N4O2S/c1-6-15-9-13-12(5)16-17-14(13)21(19,20)18-11(4)8-7-10(2)3/h10-11,15,18H,6-9H2,1-5H3,(H,16,17). The zero-order valence-electron chi connectivity index (χ0n) is 13.7. The van der Waals surface area contributed by atoms with E-state index in [-0.39, 0.29) is 11.1 Å². The van der Waals surface area contributed by atoms with E-state index < -0.39 is 10.0 Å². The number of rotatable bonds is 9. The lowest BCUT2D eigenvalue weighted by Crippen LogP contribution is -2.34. The van der Waals surface area contributed by atoms with Crippen LogP contribution in [0.25, 0.3) is 0 Å². The summed E-state index contributed by atoms with van der Waals surface area (Å²) in [5.74, 6) is 0.564. The summed E-state index contributed by atoms with van der Waals surface area (Å²) in [6.45, 7) is 11.2. The summed E-state index contributed by atoms with van der Waals surface area (Å²) in [5.41, 5.74) is 1.49. The summed E-state index contributed by atoms with van der Waals surface area (Å²) in [6.07, 6.45) is 1.82. The Hall–Kier alpha value is -0.920. The number of H-pyrrole nitrogens is 1. The second kappa shape index (κ2) is 7.91. The maximum absolute atomic E-state index is 12.5. The van der Waals surface area contributed by atoms with Crippen LogP contribution < -0.4 is 10.0 Å². The Morgan fingerprint density at radius 2 is 1.90 bits per heavy atom. The number of aromatic amines is 1. The largest absolute Gasteiger partial charge is 0.313 e. The van der Waals surface area contributed by atoms with Crippen molar-refractivity contribution in [3.8, 4) is 0 Å². The highest BCUT2D eigenvalue weighted by Crippen LogP contribution is 2.17. The SMILES string of the molecule is CCNCc1c(S(=O)(=O)NC(C)CCC(C)C)n[nH]c1C. The fourth-order valence-electron chi connectivity index (χ4n) is 2.07. The third-order valence-corrected chi connectivity index (χ3v) is 4.94. The van der Waals surface area contributed by atoms with Gasteiger partial charge in [0, 0.05) is 23.8 Å². The molecule has 0 aromatic carbocycles. The Bertz CT molecular complexity index is 537. The van der Waals surface area contributed by atoms with Crippen molar-refractivity contribution in [3.63, 3.8) is 0 Å². The molecule has 1 atom stereocenters. The van der Waals surface area contributed by atoms with Gasteiger partial charge < -0.3 is 5.32 Å². The maximum Gasteiger partial charge on any atom is 0.260 e. The molecule has 0 radical (unpaired) electrons. The van der Waals surface area contributed by atoms with E-state index in [9.17, 15) is 8.42 Å². The van der Waals surface area contributed by atoms with E-state index in [0.29, 0.717) is 18.0 Å². The van der Waals surface area contributed by atoms with Gasteiger partial charge in [0.1, 0.15) is 0 Å². The Labute approximate surface area is 128 Å². The number of sulfonamides is 1. The van der Waals surface area contributed by atoms with E-state index in [1.807, 2.05) is 20.8 Å². The number of hydrogen-bond donors (Lipinski definition) is 3. The average Bonchev–Trinajstić information content (AvgIpc) is 2.75. The van der Waals surface area contributed by atoms with Gasteiger partial charge in [-0.25, -0.2) is 13.1 Å². The van der Waals surface area contributed by atoms with Crippen LogP contribution in [-0.4, -0.2) is 31.2 Å². The van der Waals surface area contributed by atoms with Gasteiger partial charge in [0.25, 0.3) is 10.0 Å². The Kier molecular flexibility index (Phi) is 6.83. The smallest absolute Gasteiger partial charge is 0.260 e. The number of hydrogen-bond acceptors (Lipinski definition) is 4. The number of aromatic nitrogens is 2. The number of aryl methyl sites for hydroxylation is 1. The van der Waals surface area contributed by atoms with Crippen LogP contribution in [0.4, 0.5) is 0 Å². The van der Waals surface area contributed by atoms with E-state index in [1.54, 1.807) is 0 Å². The molecule has 6 nitrogen and oxygen atoms in total. The van der Waals surface area contributed by atoms with Crippen molar-refractivity contribution in [1.29, 1.82) is 0 Å². The second-order valence-electron chi connectivity index (χ2n) is 5.91. The van der Waals surface area contributed by atoms with Gasteiger partial charge in [-0.1, -0.05) is 20.8 Å². The van der Waals surface area contributed by atoms with Crippen molar-refractivity contribution in [1.82, 2.24) is 20.2 Å². The van der Waals surface area contributed by atoms with Crippen LogP contribution in [0.5, 0.6) is 0 Å². The molecule has 1 unspecified atom stereocenters. The number of nitrogens with one attached hydrogen (secondary N) is 3. The Morgan fingerprint density at radius 1 is 1.24 bits per heavy atom. The predicted octanol–water partition coefficient (Wildman–Crippen LogP) is 1.93. The van der Waals surface area contributed by atoms with E-state index >= 15 is 0 Å². The first-order valence-corrected chi connectivity index (χ1v) is 9.03. The van der Waals surface area contributed by atoms with Gasteiger partial charge in [-0.15, -0.1) is 0 Å². The summed E-state index contributed by atoms with van der Waals surface area (Å²) in [6, 6.07) is -0.0959. The van der Waals surface area contributed by atoms with Gasteiger partial charge in [-0.05, 0) is 39.2 Å². The van der Waals surface area contributed by atoms with Crippen LogP contribution in [0.2, 0.25) is 0 Å². The molecule has 0 aliphatic carbocycles. The van der Waals surface area contributed by atoms with Gasteiger partial charge >= 0.3 is 0 Å². The van der Waals surface area contributed by atoms with Crippen LogP contribution in [0, 0.1) is 12.8 Å².